The van der Waals surface area contributed by atoms with Crippen LogP contribution < -0.4 is 11.3 Å². The summed E-state index contributed by atoms with van der Waals surface area (Å²) in [5.41, 5.74) is 5.17. The molecule has 0 radical (unpaired) electrons. The van der Waals surface area contributed by atoms with E-state index in [0.717, 1.165) is 16.0 Å². The summed E-state index contributed by atoms with van der Waals surface area (Å²) in [6.07, 6.45) is 1.77. The number of rotatable bonds is 3. The van der Waals surface area contributed by atoms with Crippen molar-refractivity contribution in [2.24, 2.45) is 5.84 Å². The first-order valence-electron chi connectivity index (χ1n) is 5.32. The second-order valence-electron chi connectivity index (χ2n) is 3.81. The van der Waals surface area contributed by atoms with Gasteiger partial charge in [0.1, 0.15) is 11.8 Å². The number of fused-ring (bicyclic) bond motifs is 1. The van der Waals surface area contributed by atoms with Crippen LogP contribution in [0.15, 0.2) is 40.4 Å². The van der Waals surface area contributed by atoms with Gasteiger partial charge < -0.3 is 4.42 Å². The molecule has 0 aliphatic heterocycles. The van der Waals surface area contributed by atoms with E-state index in [1.807, 2.05) is 18.2 Å². The largest absolute Gasteiger partial charge is 0.457 e. The number of para-hydroxylation sites is 1. The van der Waals surface area contributed by atoms with Crippen molar-refractivity contribution in [1.29, 1.82) is 0 Å². The predicted molar refractivity (Wildman–Crippen MR) is 72.5 cm³/mol. The molecule has 0 fully saturated rings. The van der Waals surface area contributed by atoms with Crippen LogP contribution in [0.5, 0.6) is 0 Å². The van der Waals surface area contributed by atoms with Crippen molar-refractivity contribution in [2.45, 2.75) is 6.04 Å². The average molecular weight is 280 g/mol. The van der Waals surface area contributed by atoms with Crippen LogP contribution in [0, 0.1) is 0 Å². The van der Waals surface area contributed by atoms with Gasteiger partial charge in [-0.15, -0.1) is 11.3 Å². The Hall–Kier alpha value is -1.40. The summed E-state index contributed by atoms with van der Waals surface area (Å²) in [5.74, 6) is 6.32. The van der Waals surface area contributed by atoms with Gasteiger partial charge in [0.25, 0.3) is 0 Å². The molecule has 1 atom stereocenters. The summed E-state index contributed by atoms with van der Waals surface area (Å²) < 4.78 is 5.78. The molecular formula is C12H10ClN3OS. The maximum atomic E-state index is 6.09. The molecule has 4 nitrogen and oxygen atoms in total. The van der Waals surface area contributed by atoms with Crippen LogP contribution in [-0.4, -0.2) is 4.98 Å². The SMILES string of the molecule is NNC(c1cc2cccc(Cl)c2o1)c1cncs1. The molecule has 3 aromatic rings. The molecular weight excluding hydrogens is 270 g/mol. The van der Waals surface area contributed by atoms with Crippen molar-refractivity contribution in [3.05, 3.63) is 51.6 Å². The molecule has 0 amide bonds. The zero-order valence-corrected chi connectivity index (χ0v) is 10.8. The average Bonchev–Trinajstić information content (AvgIpc) is 3.00. The highest BCUT2D eigenvalue weighted by Crippen LogP contribution is 2.32. The van der Waals surface area contributed by atoms with Gasteiger partial charge in [-0.3, -0.25) is 10.8 Å². The standard InChI is InChI=1S/C12H10ClN3OS/c13-8-3-1-2-7-4-9(17-12(7)8)11(16-14)10-5-15-6-18-10/h1-6,11,16H,14H2. The van der Waals surface area contributed by atoms with Crippen LogP contribution in [0.25, 0.3) is 11.0 Å². The van der Waals surface area contributed by atoms with Crippen molar-refractivity contribution in [1.82, 2.24) is 10.4 Å². The third kappa shape index (κ3) is 1.91. The lowest BCUT2D eigenvalue weighted by molar-refractivity contribution is 0.481. The van der Waals surface area contributed by atoms with E-state index >= 15 is 0 Å². The topological polar surface area (TPSA) is 64.1 Å². The van der Waals surface area contributed by atoms with Crippen LogP contribution in [0.2, 0.25) is 5.02 Å². The summed E-state index contributed by atoms with van der Waals surface area (Å²) in [4.78, 5) is 5.04. The van der Waals surface area contributed by atoms with Crippen LogP contribution >= 0.6 is 22.9 Å². The Morgan fingerprint density at radius 3 is 3.00 bits per heavy atom. The van der Waals surface area contributed by atoms with Gasteiger partial charge in [0.05, 0.1) is 15.4 Å². The van der Waals surface area contributed by atoms with Crippen molar-refractivity contribution >= 4 is 33.9 Å². The minimum atomic E-state index is -0.207. The number of hydrazine groups is 1. The Morgan fingerprint density at radius 1 is 1.44 bits per heavy atom. The van der Waals surface area contributed by atoms with E-state index in [1.165, 1.54) is 11.3 Å². The lowest BCUT2D eigenvalue weighted by Crippen LogP contribution is -2.27. The van der Waals surface area contributed by atoms with E-state index in [9.17, 15) is 0 Å². The molecule has 0 spiro atoms. The number of thiazole rings is 1. The third-order valence-corrected chi connectivity index (χ3v) is 3.84. The molecule has 18 heavy (non-hydrogen) atoms. The summed E-state index contributed by atoms with van der Waals surface area (Å²) in [5, 5.41) is 1.56. The summed E-state index contributed by atoms with van der Waals surface area (Å²) >= 11 is 7.61. The normalized spacial score (nSPS) is 13.0. The van der Waals surface area contributed by atoms with Crippen molar-refractivity contribution in [3.63, 3.8) is 0 Å². The number of hydrogen-bond acceptors (Lipinski definition) is 5. The van der Waals surface area contributed by atoms with Gasteiger partial charge in [-0.25, -0.2) is 5.43 Å². The lowest BCUT2D eigenvalue weighted by Gasteiger charge is -2.09. The molecule has 1 aromatic carbocycles. The molecule has 0 aliphatic carbocycles. The minimum absolute atomic E-state index is 0.207. The van der Waals surface area contributed by atoms with Crippen molar-refractivity contribution in [2.75, 3.05) is 0 Å². The zero-order chi connectivity index (χ0) is 12.5. The molecule has 1 unspecified atom stereocenters. The van der Waals surface area contributed by atoms with Gasteiger partial charge in [-0.05, 0) is 12.1 Å². The van der Waals surface area contributed by atoms with E-state index < -0.39 is 0 Å². The number of benzene rings is 1. The number of nitrogens with one attached hydrogen (secondary N) is 1. The summed E-state index contributed by atoms with van der Waals surface area (Å²) in [6.45, 7) is 0. The predicted octanol–water partition coefficient (Wildman–Crippen LogP) is 3.10. The number of nitrogens with two attached hydrogens (primary N) is 1. The molecule has 0 aliphatic rings. The van der Waals surface area contributed by atoms with Crippen LogP contribution in [-0.2, 0) is 0 Å². The summed E-state index contributed by atoms with van der Waals surface area (Å²) in [6, 6.07) is 7.37. The van der Waals surface area contributed by atoms with E-state index in [1.54, 1.807) is 17.8 Å². The van der Waals surface area contributed by atoms with Gasteiger partial charge in [0, 0.05) is 11.6 Å². The van der Waals surface area contributed by atoms with Crippen LogP contribution in [0.4, 0.5) is 0 Å². The third-order valence-electron chi connectivity index (χ3n) is 2.70. The fourth-order valence-electron chi connectivity index (χ4n) is 1.86. The van der Waals surface area contributed by atoms with Gasteiger partial charge in [-0.1, -0.05) is 23.7 Å². The lowest BCUT2D eigenvalue weighted by atomic mass is 10.2. The fourth-order valence-corrected chi connectivity index (χ4v) is 2.77. The van der Waals surface area contributed by atoms with E-state index in [0.29, 0.717) is 10.6 Å². The Kier molecular flexibility index (Phi) is 3.05. The second-order valence-corrected chi connectivity index (χ2v) is 5.14. The molecule has 0 saturated carbocycles. The smallest absolute Gasteiger partial charge is 0.152 e. The Labute approximate surface area is 112 Å². The maximum Gasteiger partial charge on any atom is 0.152 e. The van der Waals surface area contributed by atoms with E-state index in [2.05, 4.69) is 10.4 Å². The maximum absolute atomic E-state index is 6.09. The highest BCUT2D eigenvalue weighted by atomic mass is 35.5. The zero-order valence-electron chi connectivity index (χ0n) is 9.26. The molecule has 0 bridgehead atoms. The first-order valence-corrected chi connectivity index (χ1v) is 6.58. The molecule has 3 N–H and O–H groups in total. The van der Waals surface area contributed by atoms with E-state index in [-0.39, 0.29) is 6.04 Å². The highest BCUT2D eigenvalue weighted by Gasteiger charge is 2.19. The van der Waals surface area contributed by atoms with Crippen molar-refractivity contribution < 1.29 is 4.42 Å². The molecule has 92 valence electrons. The van der Waals surface area contributed by atoms with E-state index in [4.69, 9.17) is 21.9 Å². The summed E-state index contributed by atoms with van der Waals surface area (Å²) in [7, 11) is 0. The number of hydrogen-bond donors (Lipinski definition) is 2. The molecule has 2 aromatic heterocycles. The quantitative estimate of drug-likeness (QED) is 0.571. The number of aromatic nitrogens is 1. The molecule has 0 saturated heterocycles. The first kappa shape index (κ1) is 11.7. The molecule has 2 heterocycles. The minimum Gasteiger partial charge on any atom is -0.457 e. The van der Waals surface area contributed by atoms with Gasteiger partial charge in [0.15, 0.2) is 5.58 Å². The molecule has 3 rings (SSSR count). The number of halogens is 1. The van der Waals surface area contributed by atoms with Crippen LogP contribution in [0.1, 0.15) is 16.7 Å². The Balaban J connectivity index is 2.11. The van der Waals surface area contributed by atoms with Crippen molar-refractivity contribution in [3.8, 4) is 0 Å². The first-order chi connectivity index (χ1) is 8.79. The van der Waals surface area contributed by atoms with Crippen LogP contribution in [0.3, 0.4) is 0 Å². The van der Waals surface area contributed by atoms with Gasteiger partial charge in [-0.2, -0.15) is 0 Å². The Morgan fingerprint density at radius 2 is 2.33 bits per heavy atom. The monoisotopic (exact) mass is 279 g/mol. The number of nitrogens with zero attached hydrogens (tertiary/aromatic N) is 1. The number of furan rings is 1. The molecule has 6 heteroatoms. The Bertz CT molecular complexity index is 665. The van der Waals surface area contributed by atoms with Gasteiger partial charge in [0.2, 0.25) is 0 Å². The fraction of sp³-hybridized carbons (Fsp3) is 0.0833. The highest BCUT2D eigenvalue weighted by molar-refractivity contribution is 7.09. The van der Waals surface area contributed by atoms with Gasteiger partial charge >= 0.3 is 0 Å². The second kappa shape index (κ2) is 4.70.